The number of hydrogen-bond acceptors (Lipinski definition) is 2. The Morgan fingerprint density at radius 1 is 1.41 bits per heavy atom. The molecule has 1 atom stereocenters. The largest absolute Gasteiger partial charge is 0.319 e. The summed E-state index contributed by atoms with van der Waals surface area (Å²) in [4.78, 5) is 0. The van der Waals surface area contributed by atoms with Crippen molar-refractivity contribution in [3.63, 3.8) is 0 Å². The van der Waals surface area contributed by atoms with Gasteiger partial charge in [-0.3, -0.25) is 4.68 Å². The average molecular weight is 294 g/mol. The van der Waals surface area contributed by atoms with Crippen LogP contribution < -0.4 is 5.73 Å². The van der Waals surface area contributed by atoms with E-state index in [1.54, 1.807) is 6.20 Å². The van der Waals surface area contributed by atoms with E-state index in [0.717, 1.165) is 22.3 Å². The molecular formula is C13H16BrN3. The molecular weight excluding hydrogens is 278 g/mol. The Kier molecular flexibility index (Phi) is 3.64. The SMILES string of the molecule is CCn1nccc1C(N)c1cc(C)ccc1Br. The topological polar surface area (TPSA) is 43.8 Å². The monoisotopic (exact) mass is 293 g/mol. The molecule has 1 heterocycles. The van der Waals surface area contributed by atoms with Crippen molar-refractivity contribution in [1.82, 2.24) is 9.78 Å². The van der Waals surface area contributed by atoms with E-state index in [4.69, 9.17) is 5.73 Å². The first-order chi connectivity index (χ1) is 8.13. The fourth-order valence-electron chi connectivity index (χ4n) is 1.93. The number of aryl methyl sites for hydroxylation is 2. The highest BCUT2D eigenvalue weighted by Gasteiger charge is 2.15. The lowest BCUT2D eigenvalue weighted by molar-refractivity contribution is 0.600. The van der Waals surface area contributed by atoms with Gasteiger partial charge in [0.1, 0.15) is 0 Å². The molecule has 0 saturated carbocycles. The molecule has 0 radical (unpaired) electrons. The highest BCUT2D eigenvalue weighted by Crippen LogP contribution is 2.27. The van der Waals surface area contributed by atoms with Gasteiger partial charge in [-0.1, -0.05) is 33.6 Å². The Morgan fingerprint density at radius 2 is 2.18 bits per heavy atom. The summed E-state index contributed by atoms with van der Waals surface area (Å²) in [5.74, 6) is 0. The van der Waals surface area contributed by atoms with Crippen molar-refractivity contribution >= 4 is 15.9 Å². The van der Waals surface area contributed by atoms with Gasteiger partial charge < -0.3 is 5.73 Å². The van der Waals surface area contributed by atoms with E-state index in [1.807, 2.05) is 16.8 Å². The lowest BCUT2D eigenvalue weighted by Gasteiger charge is -2.16. The van der Waals surface area contributed by atoms with Gasteiger partial charge in [-0.15, -0.1) is 0 Å². The van der Waals surface area contributed by atoms with Crippen LogP contribution in [0.5, 0.6) is 0 Å². The summed E-state index contributed by atoms with van der Waals surface area (Å²) in [5.41, 5.74) is 9.66. The van der Waals surface area contributed by atoms with Crippen LogP contribution in [0.3, 0.4) is 0 Å². The molecule has 3 nitrogen and oxygen atoms in total. The summed E-state index contributed by atoms with van der Waals surface area (Å²) in [6, 6.07) is 8.05. The summed E-state index contributed by atoms with van der Waals surface area (Å²) in [5, 5.41) is 4.25. The molecule has 2 rings (SSSR count). The third-order valence-electron chi connectivity index (χ3n) is 2.85. The number of hydrogen-bond donors (Lipinski definition) is 1. The predicted octanol–water partition coefficient (Wildman–Crippen LogP) is 3.02. The van der Waals surface area contributed by atoms with E-state index < -0.39 is 0 Å². The molecule has 1 aromatic heterocycles. The Balaban J connectivity index is 2.43. The molecule has 17 heavy (non-hydrogen) atoms. The van der Waals surface area contributed by atoms with E-state index in [9.17, 15) is 0 Å². The third-order valence-corrected chi connectivity index (χ3v) is 3.58. The maximum absolute atomic E-state index is 6.32. The summed E-state index contributed by atoms with van der Waals surface area (Å²) in [6.07, 6.45) is 1.79. The number of nitrogens with zero attached hydrogens (tertiary/aromatic N) is 2. The first-order valence-corrected chi connectivity index (χ1v) is 6.46. The maximum Gasteiger partial charge on any atom is 0.0734 e. The molecule has 0 saturated heterocycles. The van der Waals surface area contributed by atoms with E-state index >= 15 is 0 Å². The highest BCUT2D eigenvalue weighted by molar-refractivity contribution is 9.10. The van der Waals surface area contributed by atoms with Crippen LogP contribution in [0.25, 0.3) is 0 Å². The second-order valence-corrected chi connectivity index (χ2v) is 4.93. The summed E-state index contributed by atoms with van der Waals surface area (Å²) < 4.78 is 2.97. The summed E-state index contributed by atoms with van der Waals surface area (Å²) >= 11 is 3.55. The maximum atomic E-state index is 6.32. The van der Waals surface area contributed by atoms with Gasteiger partial charge in [0.15, 0.2) is 0 Å². The molecule has 0 aliphatic heterocycles. The Morgan fingerprint density at radius 3 is 2.88 bits per heavy atom. The van der Waals surface area contributed by atoms with Crippen molar-refractivity contribution in [1.29, 1.82) is 0 Å². The van der Waals surface area contributed by atoms with Gasteiger partial charge in [0, 0.05) is 17.2 Å². The minimum absolute atomic E-state index is 0.147. The van der Waals surface area contributed by atoms with Crippen LogP contribution in [0.15, 0.2) is 34.9 Å². The van der Waals surface area contributed by atoms with Crippen LogP contribution in [-0.2, 0) is 6.54 Å². The number of rotatable bonds is 3. The van der Waals surface area contributed by atoms with Gasteiger partial charge in [-0.2, -0.15) is 5.10 Å². The van der Waals surface area contributed by atoms with Crippen molar-refractivity contribution in [2.24, 2.45) is 5.73 Å². The number of halogens is 1. The normalized spacial score (nSPS) is 12.7. The Labute approximate surface area is 110 Å². The fraction of sp³-hybridized carbons (Fsp3) is 0.308. The van der Waals surface area contributed by atoms with Crippen molar-refractivity contribution in [3.8, 4) is 0 Å². The molecule has 0 bridgehead atoms. The van der Waals surface area contributed by atoms with Crippen molar-refractivity contribution in [2.75, 3.05) is 0 Å². The van der Waals surface area contributed by atoms with Crippen LogP contribution in [0.1, 0.15) is 29.8 Å². The van der Waals surface area contributed by atoms with Crippen molar-refractivity contribution in [2.45, 2.75) is 26.4 Å². The quantitative estimate of drug-likeness (QED) is 0.945. The van der Waals surface area contributed by atoms with Crippen LogP contribution in [0.2, 0.25) is 0 Å². The summed E-state index contributed by atoms with van der Waals surface area (Å²) in [6.45, 7) is 4.97. The lowest BCUT2D eigenvalue weighted by Crippen LogP contribution is -2.17. The Bertz CT molecular complexity index is 519. The molecule has 0 aliphatic rings. The van der Waals surface area contributed by atoms with Crippen LogP contribution in [0.4, 0.5) is 0 Å². The minimum atomic E-state index is -0.147. The van der Waals surface area contributed by atoms with Gasteiger partial charge in [0.2, 0.25) is 0 Å². The molecule has 0 amide bonds. The van der Waals surface area contributed by atoms with Gasteiger partial charge in [-0.05, 0) is 31.5 Å². The molecule has 0 aliphatic carbocycles. The molecule has 90 valence electrons. The summed E-state index contributed by atoms with van der Waals surface area (Å²) in [7, 11) is 0. The number of nitrogens with two attached hydrogens (primary N) is 1. The predicted molar refractivity (Wildman–Crippen MR) is 72.8 cm³/mol. The molecule has 1 aromatic carbocycles. The second-order valence-electron chi connectivity index (χ2n) is 4.07. The zero-order valence-corrected chi connectivity index (χ0v) is 11.6. The van der Waals surface area contributed by atoms with Gasteiger partial charge in [0.25, 0.3) is 0 Å². The molecule has 4 heteroatoms. The van der Waals surface area contributed by atoms with E-state index in [1.165, 1.54) is 5.56 Å². The lowest BCUT2D eigenvalue weighted by atomic mass is 10.0. The molecule has 2 N–H and O–H groups in total. The van der Waals surface area contributed by atoms with E-state index in [-0.39, 0.29) is 6.04 Å². The molecule has 1 unspecified atom stereocenters. The van der Waals surface area contributed by atoms with Gasteiger partial charge in [0.05, 0.1) is 11.7 Å². The first kappa shape index (κ1) is 12.3. The van der Waals surface area contributed by atoms with Crippen LogP contribution in [0, 0.1) is 6.92 Å². The van der Waals surface area contributed by atoms with Gasteiger partial charge in [-0.25, -0.2) is 0 Å². The van der Waals surface area contributed by atoms with Crippen molar-refractivity contribution in [3.05, 3.63) is 51.8 Å². The van der Waals surface area contributed by atoms with Crippen LogP contribution in [-0.4, -0.2) is 9.78 Å². The van der Waals surface area contributed by atoms with E-state index in [0.29, 0.717) is 0 Å². The third kappa shape index (κ3) is 2.42. The molecule has 0 spiro atoms. The minimum Gasteiger partial charge on any atom is -0.319 e. The smallest absolute Gasteiger partial charge is 0.0734 e. The van der Waals surface area contributed by atoms with Crippen molar-refractivity contribution < 1.29 is 0 Å². The standard InChI is InChI=1S/C13H16BrN3/c1-3-17-12(6-7-16-17)13(15)10-8-9(2)4-5-11(10)14/h4-8,13H,3,15H2,1-2H3. The molecule has 0 fully saturated rings. The number of aromatic nitrogens is 2. The Hall–Kier alpha value is -1.13. The van der Waals surface area contributed by atoms with Crippen LogP contribution >= 0.6 is 15.9 Å². The zero-order chi connectivity index (χ0) is 12.4. The average Bonchev–Trinajstić information content (AvgIpc) is 2.79. The zero-order valence-electron chi connectivity index (χ0n) is 10.0. The number of benzene rings is 1. The highest BCUT2D eigenvalue weighted by atomic mass is 79.9. The van der Waals surface area contributed by atoms with Gasteiger partial charge >= 0.3 is 0 Å². The first-order valence-electron chi connectivity index (χ1n) is 5.66. The van der Waals surface area contributed by atoms with E-state index in [2.05, 4.69) is 47.0 Å². The fourth-order valence-corrected chi connectivity index (χ4v) is 2.43. The second kappa shape index (κ2) is 5.02. The molecule has 2 aromatic rings.